The zero-order chi connectivity index (χ0) is 15.1. The van der Waals surface area contributed by atoms with E-state index in [0.717, 1.165) is 31.3 Å². The van der Waals surface area contributed by atoms with Gasteiger partial charge in [0.2, 0.25) is 0 Å². The third kappa shape index (κ3) is 4.70. The molecule has 116 valence electrons. The van der Waals surface area contributed by atoms with Crippen molar-refractivity contribution >= 4 is 0 Å². The summed E-state index contributed by atoms with van der Waals surface area (Å²) in [6.45, 7) is 3.07. The molecule has 6 nitrogen and oxygen atoms in total. The summed E-state index contributed by atoms with van der Waals surface area (Å²) in [4.78, 5) is 6.51. The van der Waals surface area contributed by atoms with Crippen molar-refractivity contribution < 1.29 is 9.15 Å². The molecule has 0 bridgehead atoms. The van der Waals surface area contributed by atoms with E-state index < -0.39 is 0 Å². The van der Waals surface area contributed by atoms with E-state index in [1.807, 2.05) is 44.0 Å². The average Bonchev–Trinajstić information content (AvgIpc) is 3.10. The van der Waals surface area contributed by atoms with Crippen LogP contribution < -0.4 is 5.32 Å². The first kappa shape index (κ1) is 15.8. The molecule has 1 N–H and O–H groups in total. The number of imidazole rings is 1. The van der Waals surface area contributed by atoms with Crippen molar-refractivity contribution in [3.05, 3.63) is 42.4 Å². The van der Waals surface area contributed by atoms with Crippen LogP contribution in [0.4, 0.5) is 0 Å². The van der Waals surface area contributed by atoms with Gasteiger partial charge in [-0.15, -0.1) is 0 Å². The molecule has 0 aliphatic heterocycles. The highest BCUT2D eigenvalue weighted by Crippen LogP contribution is 2.20. The van der Waals surface area contributed by atoms with Gasteiger partial charge in [-0.05, 0) is 26.2 Å². The average molecular weight is 292 g/mol. The Balaban J connectivity index is 1.85. The van der Waals surface area contributed by atoms with Gasteiger partial charge in [0.15, 0.2) is 0 Å². The number of furan rings is 1. The highest BCUT2D eigenvalue weighted by Gasteiger charge is 2.19. The predicted octanol–water partition coefficient (Wildman–Crippen LogP) is 1.27. The van der Waals surface area contributed by atoms with Gasteiger partial charge in [0.05, 0.1) is 19.5 Å². The molecule has 0 radical (unpaired) electrons. The number of rotatable bonds is 9. The van der Waals surface area contributed by atoms with Crippen LogP contribution in [0.2, 0.25) is 0 Å². The van der Waals surface area contributed by atoms with Gasteiger partial charge in [0.25, 0.3) is 0 Å². The molecule has 2 aromatic rings. The number of ether oxygens (including phenoxy) is 1. The van der Waals surface area contributed by atoms with Crippen LogP contribution >= 0.6 is 0 Å². The van der Waals surface area contributed by atoms with Crippen LogP contribution in [-0.4, -0.2) is 54.8 Å². The summed E-state index contributed by atoms with van der Waals surface area (Å²) in [5, 5.41) is 3.44. The van der Waals surface area contributed by atoms with E-state index in [2.05, 4.69) is 15.2 Å². The summed E-state index contributed by atoms with van der Waals surface area (Å²) in [7, 11) is 6.05. The third-order valence-corrected chi connectivity index (χ3v) is 3.22. The molecule has 1 unspecified atom stereocenters. The van der Waals surface area contributed by atoms with Gasteiger partial charge in [0.1, 0.15) is 17.6 Å². The van der Waals surface area contributed by atoms with E-state index in [1.165, 1.54) is 0 Å². The Kier molecular flexibility index (Phi) is 5.98. The number of hydrogen-bond donors (Lipinski definition) is 1. The smallest absolute Gasteiger partial charge is 0.133 e. The van der Waals surface area contributed by atoms with Gasteiger partial charge < -0.3 is 18.6 Å². The predicted molar refractivity (Wildman–Crippen MR) is 81.1 cm³/mol. The van der Waals surface area contributed by atoms with Crippen molar-refractivity contribution in [2.75, 3.05) is 40.4 Å². The van der Waals surface area contributed by atoms with Crippen LogP contribution in [0, 0.1) is 0 Å². The summed E-state index contributed by atoms with van der Waals surface area (Å²) >= 11 is 0. The number of nitrogens with zero attached hydrogens (tertiary/aromatic N) is 3. The maximum atomic E-state index is 5.60. The number of aryl methyl sites for hydroxylation is 1. The lowest BCUT2D eigenvalue weighted by Crippen LogP contribution is -2.29. The lowest BCUT2D eigenvalue weighted by atomic mass is 10.2. The molecule has 0 saturated carbocycles. The summed E-state index contributed by atoms with van der Waals surface area (Å²) < 4.78 is 13.1. The van der Waals surface area contributed by atoms with Gasteiger partial charge in [-0.2, -0.15) is 0 Å². The molecule has 21 heavy (non-hydrogen) atoms. The van der Waals surface area contributed by atoms with E-state index in [1.54, 1.807) is 12.5 Å². The normalized spacial score (nSPS) is 13.0. The Labute approximate surface area is 125 Å². The van der Waals surface area contributed by atoms with Gasteiger partial charge in [-0.3, -0.25) is 5.32 Å². The fourth-order valence-electron chi connectivity index (χ4n) is 2.05. The molecule has 2 heterocycles. The van der Waals surface area contributed by atoms with Crippen molar-refractivity contribution in [3.8, 4) is 0 Å². The minimum Gasteiger partial charge on any atom is -0.467 e. The van der Waals surface area contributed by atoms with Crippen LogP contribution in [0.3, 0.4) is 0 Å². The Hall–Kier alpha value is -1.63. The first-order chi connectivity index (χ1) is 10.2. The highest BCUT2D eigenvalue weighted by atomic mass is 16.5. The molecule has 0 aromatic carbocycles. The molecular formula is C15H24N4O2. The molecule has 0 aliphatic rings. The first-order valence-electron chi connectivity index (χ1n) is 7.15. The molecule has 2 rings (SSSR count). The topological polar surface area (TPSA) is 55.5 Å². The largest absolute Gasteiger partial charge is 0.467 e. The number of nitrogens with one attached hydrogen (secondary N) is 1. The highest BCUT2D eigenvalue weighted by molar-refractivity contribution is 5.15. The molecule has 0 spiro atoms. The monoisotopic (exact) mass is 292 g/mol. The van der Waals surface area contributed by atoms with Crippen LogP contribution in [0.1, 0.15) is 17.6 Å². The van der Waals surface area contributed by atoms with Crippen LogP contribution in [0.25, 0.3) is 0 Å². The fourth-order valence-corrected chi connectivity index (χ4v) is 2.05. The lowest BCUT2D eigenvalue weighted by molar-refractivity contribution is 0.117. The van der Waals surface area contributed by atoms with Gasteiger partial charge in [0, 0.05) is 32.5 Å². The van der Waals surface area contributed by atoms with Crippen molar-refractivity contribution in [1.29, 1.82) is 0 Å². The molecule has 0 fully saturated rings. The van der Waals surface area contributed by atoms with E-state index in [0.29, 0.717) is 6.61 Å². The van der Waals surface area contributed by atoms with E-state index in [9.17, 15) is 0 Å². The lowest BCUT2D eigenvalue weighted by Gasteiger charge is -2.17. The van der Waals surface area contributed by atoms with Gasteiger partial charge in [-0.1, -0.05) is 0 Å². The third-order valence-electron chi connectivity index (χ3n) is 3.22. The zero-order valence-electron chi connectivity index (χ0n) is 13.0. The Bertz CT molecular complexity index is 507. The molecule has 0 aliphatic carbocycles. The van der Waals surface area contributed by atoms with E-state index in [-0.39, 0.29) is 6.04 Å². The van der Waals surface area contributed by atoms with Crippen LogP contribution in [0.15, 0.2) is 35.2 Å². The second-order valence-corrected chi connectivity index (χ2v) is 5.21. The second kappa shape index (κ2) is 7.97. The van der Waals surface area contributed by atoms with Gasteiger partial charge in [-0.25, -0.2) is 4.98 Å². The summed E-state index contributed by atoms with van der Waals surface area (Å²) in [5.74, 6) is 1.79. The van der Waals surface area contributed by atoms with Crippen molar-refractivity contribution in [2.24, 2.45) is 7.05 Å². The summed E-state index contributed by atoms with van der Waals surface area (Å²) in [6.07, 6.45) is 5.40. The Morgan fingerprint density at radius 1 is 1.43 bits per heavy atom. The molecule has 6 heteroatoms. The Morgan fingerprint density at radius 2 is 2.29 bits per heavy atom. The molecule has 0 saturated heterocycles. The van der Waals surface area contributed by atoms with Crippen molar-refractivity contribution in [2.45, 2.75) is 6.04 Å². The standard InChI is InChI=1S/C15H24N4O2/c1-18(2)9-12-20-11-7-16-14(13-5-4-10-21-13)15-17-6-8-19(15)3/h4-6,8,10,14,16H,7,9,11-12H2,1-3H3. The van der Waals surface area contributed by atoms with Crippen LogP contribution in [-0.2, 0) is 11.8 Å². The van der Waals surface area contributed by atoms with Crippen LogP contribution in [0.5, 0.6) is 0 Å². The molecule has 1 atom stereocenters. The molecule has 0 amide bonds. The minimum absolute atomic E-state index is 0.0579. The maximum absolute atomic E-state index is 5.60. The van der Waals surface area contributed by atoms with Gasteiger partial charge >= 0.3 is 0 Å². The second-order valence-electron chi connectivity index (χ2n) is 5.21. The van der Waals surface area contributed by atoms with Crippen molar-refractivity contribution in [3.63, 3.8) is 0 Å². The fraction of sp³-hybridized carbons (Fsp3) is 0.533. The molecule has 2 aromatic heterocycles. The summed E-state index contributed by atoms with van der Waals surface area (Å²) in [5.41, 5.74) is 0. The maximum Gasteiger partial charge on any atom is 0.133 e. The minimum atomic E-state index is -0.0579. The number of likely N-dealkylation sites (N-methyl/N-ethyl adjacent to an activating group) is 1. The van der Waals surface area contributed by atoms with E-state index >= 15 is 0 Å². The Morgan fingerprint density at radius 3 is 2.90 bits per heavy atom. The number of aromatic nitrogens is 2. The first-order valence-corrected chi connectivity index (χ1v) is 7.15. The molecular weight excluding hydrogens is 268 g/mol. The van der Waals surface area contributed by atoms with Crippen molar-refractivity contribution in [1.82, 2.24) is 19.8 Å². The SMILES string of the molecule is CN(C)CCOCCNC(c1ccco1)c1nccn1C. The summed E-state index contributed by atoms with van der Waals surface area (Å²) in [6, 6.07) is 3.79. The van der Waals surface area contributed by atoms with E-state index in [4.69, 9.17) is 9.15 Å². The quantitative estimate of drug-likeness (QED) is 0.705. The zero-order valence-corrected chi connectivity index (χ0v) is 13.0. The number of hydrogen-bond acceptors (Lipinski definition) is 5.